The van der Waals surface area contributed by atoms with Crippen molar-refractivity contribution in [3.8, 4) is 0 Å². The molecule has 4 heterocycles. The van der Waals surface area contributed by atoms with Crippen molar-refractivity contribution in [3.05, 3.63) is 41.2 Å². The third kappa shape index (κ3) is 3.90. The monoisotopic (exact) mass is 412 g/mol. The molecule has 2 fully saturated rings. The normalized spacial score (nSPS) is 20.6. The Bertz CT molecular complexity index is 963. The maximum Gasteiger partial charge on any atom is 0.276 e. The quantitative estimate of drug-likeness (QED) is 0.639. The van der Waals surface area contributed by atoms with Crippen LogP contribution in [0.3, 0.4) is 0 Å². The molecule has 9 heteroatoms. The maximum absolute atomic E-state index is 13.1. The lowest BCUT2D eigenvalue weighted by molar-refractivity contribution is 0.0359. The highest BCUT2D eigenvalue weighted by Gasteiger charge is 2.34. The molecule has 0 spiro atoms. The highest BCUT2D eigenvalue weighted by atomic mass is 32.1. The zero-order valence-corrected chi connectivity index (χ0v) is 17.1. The Morgan fingerprint density at radius 2 is 2.03 bits per heavy atom. The number of para-hydroxylation sites is 1. The smallest absolute Gasteiger partial charge is 0.276 e. The summed E-state index contributed by atoms with van der Waals surface area (Å²) < 4.78 is 8.31. The van der Waals surface area contributed by atoms with E-state index in [1.165, 1.54) is 0 Å². The van der Waals surface area contributed by atoms with Gasteiger partial charge in [0, 0.05) is 26.2 Å². The minimum atomic E-state index is -0.0515. The summed E-state index contributed by atoms with van der Waals surface area (Å²) >= 11 is 1.68. The molecule has 0 saturated carbocycles. The zero-order valence-electron chi connectivity index (χ0n) is 16.2. The molecule has 3 aromatic rings. The number of aromatic nitrogens is 4. The van der Waals surface area contributed by atoms with E-state index in [2.05, 4.69) is 21.3 Å². The molecular formula is C20H24N6O2S. The number of amides is 1. The van der Waals surface area contributed by atoms with Crippen LogP contribution in [-0.2, 0) is 11.3 Å². The van der Waals surface area contributed by atoms with Crippen LogP contribution >= 0.6 is 11.3 Å². The summed E-state index contributed by atoms with van der Waals surface area (Å²) in [6, 6.07) is 8.16. The van der Waals surface area contributed by atoms with E-state index in [0.29, 0.717) is 5.69 Å². The Hall–Kier alpha value is -2.36. The Morgan fingerprint density at radius 3 is 2.90 bits per heavy atom. The van der Waals surface area contributed by atoms with E-state index >= 15 is 0 Å². The third-order valence-corrected chi connectivity index (χ3v) is 6.75. The molecule has 2 aliphatic heterocycles. The van der Waals surface area contributed by atoms with Crippen molar-refractivity contribution in [1.29, 1.82) is 0 Å². The summed E-state index contributed by atoms with van der Waals surface area (Å²) in [5, 5.41) is 9.34. The Morgan fingerprint density at radius 1 is 1.17 bits per heavy atom. The molecule has 1 aromatic carbocycles. The SMILES string of the molecule is O=C(c1cn(CCN2CCOCC2)nn1)N1CCCC1c1nc2ccccc2s1. The second-order valence-corrected chi connectivity index (χ2v) is 8.56. The highest BCUT2D eigenvalue weighted by Crippen LogP contribution is 2.37. The number of morpholine rings is 1. The lowest BCUT2D eigenvalue weighted by atomic mass is 10.2. The molecule has 0 bridgehead atoms. The molecule has 8 nitrogen and oxygen atoms in total. The van der Waals surface area contributed by atoms with Crippen LogP contribution in [0.15, 0.2) is 30.5 Å². The van der Waals surface area contributed by atoms with Gasteiger partial charge in [0.15, 0.2) is 5.69 Å². The van der Waals surface area contributed by atoms with Gasteiger partial charge in [0.1, 0.15) is 5.01 Å². The van der Waals surface area contributed by atoms with Crippen LogP contribution in [0.5, 0.6) is 0 Å². The van der Waals surface area contributed by atoms with Crippen molar-refractivity contribution in [1.82, 2.24) is 29.8 Å². The number of hydrogen-bond acceptors (Lipinski definition) is 7. The molecule has 0 radical (unpaired) electrons. The van der Waals surface area contributed by atoms with E-state index in [0.717, 1.165) is 74.0 Å². The van der Waals surface area contributed by atoms with E-state index in [9.17, 15) is 4.79 Å². The number of rotatable bonds is 5. The summed E-state index contributed by atoms with van der Waals surface area (Å²) in [5.41, 5.74) is 1.42. The lowest BCUT2D eigenvalue weighted by Crippen LogP contribution is -2.38. The van der Waals surface area contributed by atoms with Crippen LogP contribution in [0.25, 0.3) is 10.2 Å². The molecule has 2 saturated heterocycles. The number of carbonyl (C=O) groups excluding carboxylic acids is 1. The molecular weight excluding hydrogens is 388 g/mol. The fourth-order valence-corrected chi connectivity index (χ4v) is 5.14. The van der Waals surface area contributed by atoms with Gasteiger partial charge in [0.05, 0.1) is 42.2 Å². The van der Waals surface area contributed by atoms with Crippen molar-refractivity contribution in [2.75, 3.05) is 39.4 Å². The number of benzene rings is 1. The number of nitrogens with zero attached hydrogens (tertiary/aromatic N) is 6. The van der Waals surface area contributed by atoms with Crippen molar-refractivity contribution >= 4 is 27.5 Å². The predicted octanol–water partition coefficient (Wildman–Crippen LogP) is 2.20. The van der Waals surface area contributed by atoms with E-state index in [1.54, 1.807) is 22.2 Å². The van der Waals surface area contributed by atoms with Crippen molar-refractivity contribution < 1.29 is 9.53 Å². The highest BCUT2D eigenvalue weighted by molar-refractivity contribution is 7.18. The molecule has 1 amide bonds. The standard InChI is InChI=1S/C20H24N6O2S/c27-20(16-14-25(23-22-16)9-8-24-10-12-28-13-11-24)26-7-3-5-17(26)19-21-15-4-1-2-6-18(15)29-19/h1-2,4,6,14,17H,3,5,7-13H2. The lowest BCUT2D eigenvalue weighted by Gasteiger charge is -2.26. The molecule has 5 rings (SSSR count). The first-order valence-electron chi connectivity index (χ1n) is 10.1. The number of ether oxygens (including phenoxy) is 1. The first-order chi connectivity index (χ1) is 14.3. The summed E-state index contributed by atoms with van der Waals surface area (Å²) in [6.07, 6.45) is 3.70. The van der Waals surface area contributed by atoms with Crippen LogP contribution in [-0.4, -0.2) is 75.1 Å². The summed E-state index contributed by atoms with van der Waals surface area (Å²) in [5.74, 6) is -0.0515. The first-order valence-corrected chi connectivity index (χ1v) is 11.0. The summed E-state index contributed by atoms with van der Waals surface area (Å²) in [4.78, 5) is 22.2. The topological polar surface area (TPSA) is 76.4 Å². The van der Waals surface area contributed by atoms with Crippen LogP contribution in [0.1, 0.15) is 34.4 Å². The number of likely N-dealkylation sites (tertiary alicyclic amines) is 1. The molecule has 0 aliphatic carbocycles. The van der Waals surface area contributed by atoms with Gasteiger partial charge in [-0.3, -0.25) is 14.4 Å². The average molecular weight is 413 g/mol. The van der Waals surface area contributed by atoms with Gasteiger partial charge in [-0.05, 0) is 25.0 Å². The fourth-order valence-electron chi connectivity index (χ4n) is 4.02. The largest absolute Gasteiger partial charge is 0.379 e. The van der Waals surface area contributed by atoms with Gasteiger partial charge in [0.25, 0.3) is 5.91 Å². The van der Waals surface area contributed by atoms with Crippen molar-refractivity contribution in [3.63, 3.8) is 0 Å². The summed E-state index contributed by atoms with van der Waals surface area (Å²) in [7, 11) is 0. The fraction of sp³-hybridized carbons (Fsp3) is 0.500. The molecule has 29 heavy (non-hydrogen) atoms. The zero-order chi connectivity index (χ0) is 19.6. The van der Waals surface area contributed by atoms with Gasteiger partial charge in [-0.2, -0.15) is 0 Å². The molecule has 2 aliphatic rings. The Balaban J connectivity index is 1.27. The minimum absolute atomic E-state index is 0.0263. The van der Waals surface area contributed by atoms with Gasteiger partial charge in [-0.15, -0.1) is 16.4 Å². The molecule has 2 aromatic heterocycles. The van der Waals surface area contributed by atoms with Crippen molar-refractivity contribution in [2.24, 2.45) is 0 Å². The Kier molecular flexibility index (Phi) is 5.26. The van der Waals surface area contributed by atoms with Gasteiger partial charge >= 0.3 is 0 Å². The van der Waals surface area contributed by atoms with Gasteiger partial charge < -0.3 is 9.64 Å². The summed E-state index contributed by atoms with van der Waals surface area (Å²) in [6.45, 7) is 5.79. The van der Waals surface area contributed by atoms with Crippen LogP contribution < -0.4 is 0 Å². The van der Waals surface area contributed by atoms with Gasteiger partial charge in [0.2, 0.25) is 0 Å². The second kappa shape index (κ2) is 8.17. The number of hydrogen-bond donors (Lipinski definition) is 0. The average Bonchev–Trinajstić information content (AvgIpc) is 3.51. The minimum Gasteiger partial charge on any atom is -0.379 e. The second-order valence-electron chi connectivity index (χ2n) is 7.50. The van der Waals surface area contributed by atoms with Crippen LogP contribution in [0.2, 0.25) is 0 Å². The first kappa shape index (κ1) is 18.7. The number of fused-ring (bicyclic) bond motifs is 1. The predicted molar refractivity (Wildman–Crippen MR) is 110 cm³/mol. The maximum atomic E-state index is 13.1. The Labute approximate surface area is 173 Å². The number of thiazole rings is 1. The van der Waals surface area contributed by atoms with Crippen LogP contribution in [0, 0.1) is 0 Å². The van der Waals surface area contributed by atoms with E-state index in [-0.39, 0.29) is 11.9 Å². The van der Waals surface area contributed by atoms with Gasteiger partial charge in [-0.1, -0.05) is 17.3 Å². The molecule has 1 atom stereocenters. The molecule has 1 unspecified atom stereocenters. The van der Waals surface area contributed by atoms with Gasteiger partial charge in [-0.25, -0.2) is 4.98 Å². The van der Waals surface area contributed by atoms with Crippen molar-refractivity contribution in [2.45, 2.75) is 25.4 Å². The number of carbonyl (C=O) groups is 1. The molecule has 0 N–H and O–H groups in total. The van der Waals surface area contributed by atoms with E-state index in [4.69, 9.17) is 9.72 Å². The molecule has 152 valence electrons. The third-order valence-electron chi connectivity index (χ3n) is 5.62. The van der Waals surface area contributed by atoms with E-state index in [1.807, 2.05) is 23.1 Å². The van der Waals surface area contributed by atoms with E-state index < -0.39 is 0 Å². The van der Waals surface area contributed by atoms with Crippen LogP contribution in [0.4, 0.5) is 0 Å².